The quantitative estimate of drug-likeness (QED) is 0.397. The number of rotatable bonds is 10. The van der Waals surface area contributed by atoms with Crippen LogP contribution in [0.1, 0.15) is 57.8 Å². The molecule has 0 aromatic carbocycles. The first-order valence-electron chi connectivity index (χ1n) is 8.04. The van der Waals surface area contributed by atoms with Crippen LogP contribution in [-0.4, -0.2) is 11.1 Å². The molecule has 1 N–H and O–H groups in total. The largest absolute Gasteiger partial charge is 0.481 e. The van der Waals surface area contributed by atoms with Gasteiger partial charge < -0.3 is 5.11 Å². The lowest BCUT2D eigenvalue weighted by molar-refractivity contribution is -0.137. The molecule has 0 fully saturated rings. The van der Waals surface area contributed by atoms with E-state index in [0.29, 0.717) is 6.42 Å². The minimum atomic E-state index is -0.696. The van der Waals surface area contributed by atoms with E-state index in [2.05, 4.69) is 51.8 Å². The Kier molecular flexibility index (Phi) is 17.0. The van der Waals surface area contributed by atoms with Crippen LogP contribution in [0.4, 0.5) is 0 Å². The number of allylic oxidation sites excluding steroid dienone is 5. The van der Waals surface area contributed by atoms with Gasteiger partial charge in [-0.3, -0.25) is 4.79 Å². The zero-order chi connectivity index (χ0) is 17.0. The summed E-state index contributed by atoms with van der Waals surface area (Å²) in [6, 6.07) is 0. The highest BCUT2D eigenvalue weighted by Gasteiger charge is 1.95. The molecule has 0 aliphatic heterocycles. The van der Waals surface area contributed by atoms with Crippen LogP contribution in [0, 0.1) is 23.7 Å². The Morgan fingerprint density at radius 1 is 0.870 bits per heavy atom. The molecule has 0 radical (unpaired) electrons. The maximum Gasteiger partial charge on any atom is 0.303 e. The first kappa shape index (κ1) is 21.3. The highest BCUT2D eigenvalue weighted by atomic mass is 79.9. The van der Waals surface area contributed by atoms with Gasteiger partial charge in [0.2, 0.25) is 0 Å². The summed E-state index contributed by atoms with van der Waals surface area (Å²) in [5.74, 6) is 11.2. The van der Waals surface area contributed by atoms with E-state index in [-0.39, 0.29) is 0 Å². The molecule has 2 nitrogen and oxygen atoms in total. The van der Waals surface area contributed by atoms with Crippen molar-refractivity contribution in [1.82, 2.24) is 0 Å². The molecule has 124 valence electrons. The molecule has 0 atom stereocenters. The normalized spacial score (nSPS) is 10.7. The topological polar surface area (TPSA) is 37.3 Å². The predicted molar refractivity (Wildman–Crippen MR) is 101 cm³/mol. The van der Waals surface area contributed by atoms with Gasteiger partial charge in [-0.15, -0.1) is 0 Å². The molecule has 23 heavy (non-hydrogen) atoms. The van der Waals surface area contributed by atoms with Crippen LogP contribution >= 0.6 is 15.9 Å². The summed E-state index contributed by atoms with van der Waals surface area (Å²) in [4.78, 5) is 12.1. The molecule has 0 saturated heterocycles. The highest BCUT2D eigenvalue weighted by Crippen LogP contribution is 2.06. The maximum absolute atomic E-state index is 10.3. The molecule has 0 saturated carbocycles. The number of carboxylic acid groups (broad SMARTS) is 1. The van der Waals surface area contributed by atoms with E-state index in [9.17, 15) is 4.79 Å². The lowest BCUT2D eigenvalue weighted by atomic mass is 10.1. The summed E-state index contributed by atoms with van der Waals surface area (Å²) in [7, 11) is 0. The van der Waals surface area contributed by atoms with Crippen LogP contribution in [0.15, 0.2) is 35.4 Å². The summed E-state index contributed by atoms with van der Waals surface area (Å²) in [5.41, 5.74) is 0. The highest BCUT2D eigenvalue weighted by molar-refractivity contribution is 9.11. The Balaban J connectivity index is 3.44. The molecule has 3 heteroatoms. The van der Waals surface area contributed by atoms with Crippen LogP contribution in [-0.2, 0) is 4.79 Å². The number of carbonyl (C=O) groups is 1. The molecule has 0 aromatic rings. The first-order chi connectivity index (χ1) is 11.3. The van der Waals surface area contributed by atoms with Crippen LogP contribution in [0.2, 0.25) is 0 Å². The van der Waals surface area contributed by atoms with Gasteiger partial charge in [0.05, 0.1) is 0 Å². The molecule has 0 spiro atoms. The second-order valence-corrected chi connectivity index (χ2v) is 5.47. The zero-order valence-corrected chi connectivity index (χ0v) is 15.1. The molecule has 0 aliphatic carbocycles. The molecule has 0 heterocycles. The molecule has 0 aromatic heterocycles. The van der Waals surface area contributed by atoms with Gasteiger partial charge in [-0.2, -0.15) is 0 Å². The van der Waals surface area contributed by atoms with E-state index in [1.165, 1.54) is 0 Å². The van der Waals surface area contributed by atoms with E-state index in [4.69, 9.17) is 5.11 Å². The molecule has 0 rings (SSSR count). The van der Waals surface area contributed by atoms with Gasteiger partial charge in [0, 0.05) is 12.8 Å². The van der Waals surface area contributed by atoms with Crippen molar-refractivity contribution in [1.29, 1.82) is 0 Å². The van der Waals surface area contributed by atoms with Crippen molar-refractivity contribution >= 4 is 21.9 Å². The fourth-order valence-corrected chi connectivity index (χ4v) is 1.89. The fourth-order valence-electron chi connectivity index (χ4n) is 1.76. The number of unbranched alkanes of at least 4 members (excludes halogenated alkanes) is 6. The average Bonchev–Trinajstić information content (AvgIpc) is 2.53. The van der Waals surface area contributed by atoms with E-state index < -0.39 is 5.97 Å². The van der Waals surface area contributed by atoms with Crippen molar-refractivity contribution < 1.29 is 9.90 Å². The van der Waals surface area contributed by atoms with E-state index in [1.807, 2.05) is 12.2 Å². The molecule has 0 unspecified atom stereocenters. The Morgan fingerprint density at radius 3 is 2.17 bits per heavy atom. The Bertz CT molecular complexity index is 507. The Hall–Kier alpha value is -1.71. The molecular weight excluding hydrogens is 352 g/mol. The minimum absolute atomic E-state index is 0.292. The third kappa shape index (κ3) is 20.3. The summed E-state index contributed by atoms with van der Waals surface area (Å²) >= 11 is 3.15. The molecular formula is C20H25BrO2. The monoisotopic (exact) mass is 376 g/mol. The van der Waals surface area contributed by atoms with Crippen LogP contribution in [0.3, 0.4) is 0 Å². The van der Waals surface area contributed by atoms with Gasteiger partial charge in [0.25, 0.3) is 0 Å². The van der Waals surface area contributed by atoms with Gasteiger partial charge in [-0.05, 0) is 48.9 Å². The number of hydrogen-bond donors (Lipinski definition) is 1. The van der Waals surface area contributed by atoms with Gasteiger partial charge in [-0.25, -0.2) is 0 Å². The first-order valence-corrected chi connectivity index (χ1v) is 8.95. The maximum atomic E-state index is 10.3. The van der Waals surface area contributed by atoms with E-state index in [0.717, 1.165) is 51.4 Å². The SMILES string of the molecule is O=C(O)CCCCCCCC#CC=CCCC=CC#CC=CBr. The summed E-state index contributed by atoms with van der Waals surface area (Å²) in [6.07, 6.45) is 17.9. The molecule has 0 bridgehead atoms. The Morgan fingerprint density at radius 2 is 1.48 bits per heavy atom. The summed E-state index contributed by atoms with van der Waals surface area (Å²) in [5, 5.41) is 8.51. The van der Waals surface area contributed by atoms with Crippen molar-refractivity contribution in [3.8, 4) is 23.7 Å². The predicted octanol–water partition coefficient (Wildman–Crippen LogP) is 5.61. The van der Waals surface area contributed by atoms with Crippen molar-refractivity contribution in [2.75, 3.05) is 0 Å². The van der Waals surface area contributed by atoms with Gasteiger partial charge in [0.1, 0.15) is 0 Å². The summed E-state index contributed by atoms with van der Waals surface area (Å²) < 4.78 is 0. The van der Waals surface area contributed by atoms with Crippen LogP contribution < -0.4 is 0 Å². The van der Waals surface area contributed by atoms with Gasteiger partial charge in [0.15, 0.2) is 0 Å². The summed E-state index contributed by atoms with van der Waals surface area (Å²) in [6.45, 7) is 0. The second-order valence-electron chi connectivity index (χ2n) is 4.95. The van der Waals surface area contributed by atoms with Crippen LogP contribution in [0.25, 0.3) is 0 Å². The van der Waals surface area contributed by atoms with Gasteiger partial charge >= 0.3 is 5.97 Å². The smallest absolute Gasteiger partial charge is 0.303 e. The van der Waals surface area contributed by atoms with E-state index in [1.54, 1.807) is 11.1 Å². The van der Waals surface area contributed by atoms with Crippen LogP contribution in [0.5, 0.6) is 0 Å². The van der Waals surface area contributed by atoms with Crippen molar-refractivity contribution in [2.45, 2.75) is 57.8 Å². The average molecular weight is 377 g/mol. The minimum Gasteiger partial charge on any atom is -0.481 e. The third-order valence-electron chi connectivity index (χ3n) is 2.93. The molecule has 0 aliphatic rings. The number of hydrogen-bond acceptors (Lipinski definition) is 1. The zero-order valence-electron chi connectivity index (χ0n) is 13.6. The third-order valence-corrected chi connectivity index (χ3v) is 3.19. The number of halogens is 1. The molecule has 0 amide bonds. The standard InChI is InChI=1S/C20H25BrO2/c21-19-17-15-13-11-9-7-5-3-1-2-4-6-8-10-12-14-16-18-20(22)23/h1,3,9,11,17,19H,5-8,10,12,14,16,18H2,(H,22,23). The number of carboxylic acids is 1. The second kappa shape index (κ2) is 18.3. The fraction of sp³-hybridized carbons (Fsp3) is 0.450. The lowest BCUT2D eigenvalue weighted by Gasteiger charge is -1.97. The van der Waals surface area contributed by atoms with Gasteiger partial charge in [-0.1, -0.05) is 71.0 Å². The number of aliphatic carboxylic acids is 1. The van der Waals surface area contributed by atoms with Crippen molar-refractivity contribution in [3.63, 3.8) is 0 Å². The van der Waals surface area contributed by atoms with E-state index >= 15 is 0 Å². The lowest BCUT2D eigenvalue weighted by Crippen LogP contribution is -1.93. The van der Waals surface area contributed by atoms with Crippen molar-refractivity contribution in [3.05, 3.63) is 35.4 Å². The Labute approximate surface area is 148 Å². The van der Waals surface area contributed by atoms with Crippen molar-refractivity contribution in [2.24, 2.45) is 0 Å².